The van der Waals surface area contributed by atoms with E-state index in [0.29, 0.717) is 10.5 Å². The Morgan fingerprint density at radius 3 is 2.75 bits per heavy atom. The number of nitrogens with zero attached hydrogens (tertiary/aromatic N) is 1. The molecule has 0 aromatic heterocycles. The molecule has 1 saturated heterocycles. The minimum absolute atomic E-state index is 0.0158. The van der Waals surface area contributed by atoms with Crippen molar-refractivity contribution in [2.75, 3.05) is 13.1 Å². The molecule has 0 saturated carbocycles. The Morgan fingerprint density at radius 2 is 2.14 bits per heavy atom. The van der Waals surface area contributed by atoms with Gasteiger partial charge in [0.05, 0.1) is 0 Å². The van der Waals surface area contributed by atoms with Gasteiger partial charge < -0.3 is 11.1 Å². The first-order chi connectivity index (χ1) is 13.4. The van der Waals surface area contributed by atoms with Gasteiger partial charge in [-0.15, -0.1) is 5.10 Å². The predicted octanol–water partition coefficient (Wildman–Crippen LogP) is 0.334. The summed E-state index contributed by atoms with van der Waals surface area (Å²) in [6.07, 6.45) is 7.03. The van der Waals surface area contributed by atoms with E-state index in [4.69, 9.17) is 16.7 Å². The highest BCUT2D eigenvalue weighted by atomic mass is 32.2. The number of nitrogens with one attached hydrogen (secondary N) is 3. The minimum Gasteiger partial charge on any atom is -0.382 e. The molecule has 11 heteroatoms. The van der Waals surface area contributed by atoms with Gasteiger partial charge in [0.2, 0.25) is 10.0 Å². The maximum absolute atomic E-state index is 12.6. The number of rotatable bonds is 7. The minimum atomic E-state index is -4.07. The van der Waals surface area contributed by atoms with Gasteiger partial charge in [-0.2, -0.15) is 0 Å². The predicted molar refractivity (Wildman–Crippen MR) is 113 cm³/mol. The van der Waals surface area contributed by atoms with Gasteiger partial charge in [0.25, 0.3) is 0 Å². The molecule has 1 atom stereocenters. The number of sulfonamides is 1. The van der Waals surface area contributed by atoms with Crippen molar-refractivity contribution < 1.29 is 8.42 Å². The molecule has 0 amide bonds. The zero-order valence-electron chi connectivity index (χ0n) is 15.6. The van der Waals surface area contributed by atoms with Crippen LogP contribution in [0.2, 0.25) is 0 Å². The van der Waals surface area contributed by atoms with Gasteiger partial charge in [0, 0.05) is 23.0 Å². The lowest BCUT2D eigenvalue weighted by Gasteiger charge is -2.21. The average Bonchev–Trinajstić information content (AvgIpc) is 3.19. The number of hydrogen-bond donors (Lipinski definition) is 6. The van der Waals surface area contributed by atoms with Gasteiger partial charge in [-0.25, -0.2) is 24.9 Å². The van der Waals surface area contributed by atoms with Crippen LogP contribution in [0, 0.1) is 0 Å². The van der Waals surface area contributed by atoms with Crippen molar-refractivity contribution in [2.45, 2.75) is 47.9 Å². The highest BCUT2D eigenvalue weighted by Crippen LogP contribution is 2.36. The van der Waals surface area contributed by atoms with E-state index in [2.05, 4.69) is 26.8 Å². The highest BCUT2D eigenvalue weighted by Gasteiger charge is 2.27. The van der Waals surface area contributed by atoms with E-state index in [1.54, 1.807) is 6.07 Å². The van der Waals surface area contributed by atoms with Crippen LogP contribution >= 0.6 is 11.9 Å². The van der Waals surface area contributed by atoms with Crippen molar-refractivity contribution in [3.8, 4) is 0 Å². The van der Waals surface area contributed by atoms with Crippen LogP contribution < -0.4 is 32.3 Å². The Kier molecular flexibility index (Phi) is 6.96. The molecule has 1 fully saturated rings. The second-order valence-corrected chi connectivity index (χ2v) is 9.25. The standard InChI is InChI=1S/C17H27N7O2S2/c18-17(22-24-19)15-13(11-4-2-1-3-5-11)6-7-14(16(15)28(20,25)26)27-23-12-8-9-21-10-12/h4,6-7,12,21,23-24H,1-3,5,8-10,19H2,(H2,18,22)(H2,20,25,26). The van der Waals surface area contributed by atoms with E-state index in [9.17, 15) is 8.42 Å². The summed E-state index contributed by atoms with van der Waals surface area (Å²) in [4.78, 5) is 0.455. The molecule has 0 radical (unpaired) electrons. The number of primary sulfonamides is 1. The van der Waals surface area contributed by atoms with E-state index < -0.39 is 10.0 Å². The first-order valence-electron chi connectivity index (χ1n) is 9.23. The van der Waals surface area contributed by atoms with Gasteiger partial charge in [-0.1, -0.05) is 12.1 Å². The van der Waals surface area contributed by atoms with Crippen LogP contribution in [-0.2, 0) is 10.0 Å². The van der Waals surface area contributed by atoms with Crippen LogP contribution in [0.25, 0.3) is 5.57 Å². The molecule has 9 N–H and O–H groups in total. The molecule has 2 aliphatic rings. The zero-order valence-corrected chi connectivity index (χ0v) is 17.2. The van der Waals surface area contributed by atoms with E-state index in [1.807, 2.05) is 6.07 Å². The molecule has 9 nitrogen and oxygen atoms in total. The maximum Gasteiger partial charge on any atom is 0.239 e. The Bertz CT molecular complexity index is 878. The molecule has 1 unspecified atom stereocenters. The number of nitrogens with two attached hydrogens (primary N) is 3. The maximum atomic E-state index is 12.6. The summed E-state index contributed by atoms with van der Waals surface area (Å²) in [5, 5.41) is 12.7. The molecule has 154 valence electrons. The molecule has 3 rings (SSSR count). The lowest BCUT2D eigenvalue weighted by atomic mass is 9.90. The molecule has 1 aliphatic carbocycles. The average molecular weight is 426 g/mol. The lowest BCUT2D eigenvalue weighted by molar-refractivity contribution is 0.595. The fraction of sp³-hybridized carbons (Fsp3) is 0.471. The third kappa shape index (κ3) is 4.85. The Balaban J connectivity index is 2.11. The topological polar surface area (TPSA) is 161 Å². The van der Waals surface area contributed by atoms with Crippen LogP contribution in [0.1, 0.15) is 43.2 Å². The largest absolute Gasteiger partial charge is 0.382 e. The molecule has 1 aromatic carbocycles. The van der Waals surface area contributed by atoms with Gasteiger partial charge >= 0.3 is 0 Å². The first-order valence-corrected chi connectivity index (χ1v) is 11.6. The molecular formula is C17H27N7O2S2. The number of hydrogen-bond acceptors (Lipinski definition) is 8. The monoisotopic (exact) mass is 425 g/mol. The molecule has 0 spiro atoms. The molecule has 1 aliphatic heterocycles. The Hall–Kier alpha value is -1.63. The van der Waals surface area contributed by atoms with Gasteiger partial charge in [0.15, 0.2) is 5.84 Å². The SMILES string of the molecule is NN/N=C(\N)c1c(C2=CCCCC2)ccc(SNC2CCNC2)c1S(N)(=O)=O. The molecule has 1 aromatic rings. The fourth-order valence-corrected chi connectivity index (χ4v) is 5.71. The van der Waals surface area contributed by atoms with Crippen molar-refractivity contribution in [2.24, 2.45) is 21.8 Å². The number of allylic oxidation sites excluding steroid dienone is 2. The number of hydrazine groups is 1. The van der Waals surface area contributed by atoms with Crippen LogP contribution in [0.3, 0.4) is 0 Å². The normalized spacial score (nSPS) is 20.9. The third-order valence-electron chi connectivity index (χ3n) is 4.88. The summed E-state index contributed by atoms with van der Waals surface area (Å²) in [6, 6.07) is 3.91. The second-order valence-electron chi connectivity index (χ2n) is 6.87. The van der Waals surface area contributed by atoms with Crippen molar-refractivity contribution in [1.29, 1.82) is 0 Å². The highest BCUT2D eigenvalue weighted by molar-refractivity contribution is 7.98. The summed E-state index contributed by atoms with van der Waals surface area (Å²) < 4.78 is 28.4. The first kappa shape index (κ1) is 21.1. The number of benzene rings is 1. The summed E-state index contributed by atoms with van der Waals surface area (Å²) >= 11 is 1.25. The van der Waals surface area contributed by atoms with Crippen LogP contribution in [0.5, 0.6) is 0 Å². The van der Waals surface area contributed by atoms with Crippen LogP contribution in [-0.4, -0.2) is 33.4 Å². The zero-order chi connectivity index (χ0) is 20.1. The van der Waals surface area contributed by atoms with Crippen LogP contribution in [0.4, 0.5) is 0 Å². The van der Waals surface area contributed by atoms with E-state index >= 15 is 0 Å². The van der Waals surface area contributed by atoms with Crippen molar-refractivity contribution in [1.82, 2.24) is 15.6 Å². The molecule has 28 heavy (non-hydrogen) atoms. The van der Waals surface area contributed by atoms with Gasteiger partial charge in [-0.3, -0.25) is 4.72 Å². The molecule has 1 heterocycles. The summed E-state index contributed by atoms with van der Waals surface area (Å²) in [5.41, 5.74) is 10.3. The van der Waals surface area contributed by atoms with Crippen molar-refractivity contribution in [3.63, 3.8) is 0 Å². The third-order valence-corrected chi connectivity index (χ3v) is 7.01. The number of amidine groups is 1. The van der Waals surface area contributed by atoms with Crippen molar-refractivity contribution in [3.05, 3.63) is 29.3 Å². The van der Waals surface area contributed by atoms with E-state index in [-0.39, 0.29) is 16.8 Å². The summed E-state index contributed by atoms with van der Waals surface area (Å²) in [7, 11) is -4.07. The second kappa shape index (κ2) is 9.25. The fourth-order valence-electron chi connectivity index (χ4n) is 3.56. The summed E-state index contributed by atoms with van der Waals surface area (Å²) in [6.45, 7) is 1.76. The van der Waals surface area contributed by atoms with E-state index in [1.165, 1.54) is 11.9 Å². The van der Waals surface area contributed by atoms with Gasteiger partial charge in [0.1, 0.15) is 4.90 Å². The smallest absolute Gasteiger partial charge is 0.239 e. The van der Waals surface area contributed by atoms with Crippen molar-refractivity contribution >= 4 is 33.4 Å². The Morgan fingerprint density at radius 1 is 1.32 bits per heavy atom. The van der Waals surface area contributed by atoms with Gasteiger partial charge in [-0.05, 0) is 67.8 Å². The summed E-state index contributed by atoms with van der Waals surface area (Å²) in [5.74, 6) is 5.28. The Labute approximate surface area is 169 Å². The quantitative estimate of drug-likeness (QED) is 0.120. The van der Waals surface area contributed by atoms with E-state index in [0.717, 1.165) is 56.3 Å². The molecule has 0 bridgehead atoms. The van der Waals surface area contributed by atoms with Crippen LogP contribution in [0.15, 0.2) is 33.1 Å². The molecular weight excluding hydrogens is 398 g/mol. The number of hydrazone groups is 1. The lowest BCUT2D eigenvalue weighted by Crippen LogP contribution is -2.29.